The predicted molar refractivity (Wildman–Crippen MR) is 98.0 cm³/mol. The summed E-state index contributed by atoms with van der Waals surface area (Å²) < 4.78 is 1.65. The summed E-state index contributed by atoms with van der Waals surface area (Å²) in [5.41, 5.74) is 1.26. The second-order valence-electron chi connectivity index (χ2n) is 5.53. The molecule has 0 bridgehead atoms. The molecule has 0 aromatic carbocycles. The standard InChI is InChI=1S/C17H20N6OS/c1-13-7-12-25-14(13)3-6-17(24)19-10-9-18-15-4-5-16(22-21-15)23-11-2-8-20-23/h2,4-5,7-8,11-12H,3,6,9-10H2,1H3,(H,18,21)(H,19,24). The summed E-state index contributed by atoms with van der Waals surface area (Å²) in [5.74, 6) is 1.39. The van der Waals surface area contributed by atoms with Crippen LogP contribution in [0.25, 0.3) is 5.82 Å². The number of carbonyl (C=O) groups is 1. The lowest BCUT2D eigenvalue weighted by Gasteiger charge is -2.07. The second-order valence-corrected chi connectivity index (χ2v) is 6.53. The third kappa shape index (κ3) is 4.87. The minimum atomic E-state index is 0.0646. The van der Waals surface area contributed by atoms with Gasteiger partial charge in [0.25, 0.3) is 0 Å². The van der Waals surface area contributed by atoms with Crippen molar-refractivity contribution in [1.29, 1.82) is 0 Å². The Morgan fingerprint density at radius 3 is 2.84 bits per heavy atom. The van der Waals surface area contributed by atoms with E-state index in [1.807, 2.05) is 24.4 Å². The number of hydrogen-bond donors (Lipinski definition) is 2. The minimum absolute atomic E-state index is 0.0646. The molecule has 0 saturated heterocycles. The van der Waals surface area contributed by atoms with Crippen molar-refractivity contribution in [3.05, 3.63) is 52.5 Å². The van der Waals surface area contributed by atoms with Crippen LogP contribution in [0.15, 0.2) is 42.0 Å². The molecule has 130 valence electrons. The van der Waals surface area contributed by atoms with Crippen molar-refractivity contribution in [2.75, 3.05) is 18.4 Å². The van der Waals surface area contributed by atoms with Crippen LogP contribution in [0.1, 0.15) is 16.9 Å². The molecule has 2 N–H and O–H groups in total. The van der Waals surface area contributed by atoms with Crippen molar-refractivity contribution in [1.82, 2.24) is 25.3 Å². The fraction of sp³-hybridized carbons (Fsp3) is 0.294. The molecule has 0 atom stereocenters. The van der Waals surface area contributed by atoms with Gasteiger partial charge in [0, 0.05) is 36.8 Å². The Morgan fingerprint density at radius 2 is 2.16 bits per heavy atom. The van der Waals surface area contributed by atoms with Gasteiger partial charge in [-0.05, 0) is 48.6 Å². The molecule has 3 rings (SSSR count). The van der Waals surface area contributed by atoms with E-state index in [-0.39, 0.29) is 5.91 Å². The molecule has 3 aromatic heterocycles. The first-order valence-corrected chi connectivity index (χ1v) is 8.97. The highest BCUT2D eigenvalue weighted by Crippen LogP contribution is 2.17. The summed E-state index contributed by atoms with van der Waals surface area (Å²) in [6, 6.07) is 7.59. The van der Waals surface area contributed by atoms with E-state index in [9.17, 15) is 4.79 Å². The molecular formula is C17H20N6OS. The van der Waals surface area contributed by atoms with Crippen LogP contribution < -0.4 is 10.6 Å². The van der Waals surface area contributed by atoms with Crippen molar-refractivity contribution in [2.24, 2.45) is 0 Å². The van der Waals surface area contributed by atoms with Crippen LogP contribution in [-0.2, 0) is 11.2 Å². The average molecular weight is 356 g/mol. The third-order valence-electron chi connectivity index (χ3n) is 3.69. The Morgan fingerprint density at radius 1 is 1.24 bits per heavy atom. The summed E-state index contributed by atoms with van der Waals surface area (Å²) in [6.45, 7) is 3.22. The van der Waals surface area contributed by atoms with E-state index in [1.54, 1.807) is 22.2 Å². The molecule has 1 amide bonds. The molecule has 0 fully saturated rings. The highest BCUT2D eigenvalue weighted by molar-refractivity contribution is 7.10. The molecule has 3 heterocycles. The first kappa shape index (κ1) is 17.1. The van der Waals surface area contributed by atoms with Crippen molar-refractivity contribution in [3.8, 4) is 5.82 Å². The first-order valence-electron chi connectivity index (χ1n) is 8.09. The van der Waals surface area contributed by atoms with Gasteiger partial charge in [-0.25, -0.2) is 4.68 Å². The Hall–Kier alpha value is -2.74. The number of aryl methyl sites for hydroxylation is 2. The van der Waals surface area contributed by atoms with Crippen LogP contribution in [0.4, 0.5) is 5.82 Å². The molecule has 8 heteroatoms. The highest BCUT2D eigenvalue weighted by Gasteiger charge is 2.05. The number of nitrogens with zero attached hydrogens (tertiary/aromatic N) is 4. The molecule has 0 radical (unpaired) electrons. The molecule has 3 aromatic rings. The molecule has 0 saturated carbocycles. The smallest absolute Gasteiger partial charge is 0.220 e. The quantitative estimate of drug-likeness (QED) is 0.605. The Bertz CT molecular complexity index is 797. The lowest BCUT2D eigenvalue weighted by molar-refractivity contribution is -0.120. The van der Waals surface area contributed by atoms with Crippen LogP contribution >= 0.6 is 11.3 Å². The molecule has 0 aliphatic heterocycles. The van der Waals surface area contributed by atoms with E-state index in [2.05, 4.69) is 44.3 Å². The Kier molecular flexibility index (Phi) is 5.73. The number of rotatable bonds is 8. The number of aromatic nitrogens is 4. The number of anilines is 1. The van der Waals surface area contributed by atoms with Crippen LogP contribution in [0.5, 0.6) is 0 Å². The molecule has 0 spiro atoms. The lowest BCUT2D eigenvalue weighted by atomic mass is 10.2. The van der Waals surface area contributed by atoms with E-state index in [1.165, 1.54) is 10.4 Å². The van der Waals surface area contributed by atoms with Gasteiger partial charge in [-0.2, -0.15) is 5.10 Å². The predicted octanol–water partition coefficient (Wildman–Crippen LogP) is 2.19. The normalized spacial score (nSPS) is 10.6. The lowest BCUT2D eigenvalue weighted by Crippen LogP contribution is -2.29. The summed E-state index contributed by atoms with van der Waals surface area (Å²) in [4.78, 5) is 13.1. The maximum absolute atomic E-state index is 11.9. The Balaban J connectivity index is 1.35. The van der Waals surface area contributed by atoms with Gasteiger partial charge in [0.15, 0.2) is 5.82 Å². The van der Waals surface area contributed by atoms with Crippen LogP contribution in [0.3, 0.4) is 0 Å². The topological polar surface area (TPSA) is 84.7 Å². The number of carbonyl (C=O) groups excluding carboxylic acids is 1. The summed E-state index contributed by atoms with van der Waals surface area (Å²) >= 11 is 1.70. The minimum Gasteiger partial charge on any atom is -0.367 e. The zero-order valence-electron chi connectivity index (χ0n) is 14.0. The maximum Gasteiger partial charge on any atom is 0.220 e. The van der Waals surface area contributed by atoms with Gasteiger partial charge in [0.05, 0.1) is 0 Å². The monoisotopic (exact) mass is 356 g/mol. The summed E-state index contributed by atoms with van der Waals surface area (Å²) in [6.07, 6.45) is 4.81. The van der Waals surface area contributed by atoms with E-state index in [0.29, 0.717) is 31.1 Å². The van der Waals surface area contributed by atoms with Crippen molar-refractivity contribution in [3.63, 3.8) is 0 Å². The van der Waals surface area contributed by atoms with Gasteiger partial charge in [-0.3, -0.25) is 4.79 Å². The maximum atomic E-state index is 11.9. The van der Waals surface area contributed by atoms with Crippen molar-refractivity contribution in [2.45, 2.75) is 19.8 Å². The molecular weight excluding hydrogens is 336 g/mol. The third-order valence-corrected chi connectivity index (χ3v) is 4.77. The van der Waals surface area contributed by atoms with E-state index in [0.717, 1.165) is 6.42 Å². The zero-order chi connectivity index (χ0) is 17.5. The van der Waals surface area contributed by atoms with E-state index >= 15 is 0 Å². The number of hydrogen-bond acceptors (Lipinski definition) is 6. The highest BCUT2D eigenvalue weighted by atomic mass is 32.1. The largest absolute Gasteiger partial charge is 0.367 e. The Labute approximate surface area is 150 Å². The SMILES string of the molecule is Cc1ccsc1CCC(=O)NCCNc1ccc(-n2cccn2)nn1. The van der Waals surface area contributed by atoms with Gasteiger partial charge in [-0.1, -0.05) is 0 Å². The molecule has 0 aliphatic rings. The van der Waals surface area contributed by atoms with Gasteiger partial charge >= 0.3 is 0 Å². The molecule has 0 aliphatic carbocycles. The fourth-order valence-corrected chi connectivity index (χ4v) is 3.22. The van der Waals surface area contributed by atoms with Crippen LogP contribution in [0.2, 0.25) is 0 Å². The van der Waals surface area contributed by atoms with Crippen molar-refractivity contribution < 1.29 is 4.79 Å². The van der Waals surface area contributed by atoms with Gasteiger partial charge in [0.2, 0.25) is 5.91 Å². The zero-order valence-corrected chi connectivity index (χ0v) is 14.8. The first-order chi connectivity index (χ1) is 12.2. The molecule has 7 nitrogen and oxygen atoms in total. The van der Waals surface area contributed by atoms with Gasteiger partial charge < -0.3 is 10.6 Å². The number of thiophene rings is 1. The second kappa shape index (κ2) is 8.39. The van der Waals surface area contributed by atoms with Crippen LogP contribution in [0, 0.1) is 6.92 Å². The van der Waals surface area contributed by atoms with Gasteiger partial charge in [-0.15, -0.1) is 21.5 Å². The molecule has 25 heavy (non-hydrogen) atoms. The van der Waals surface area contributed by atoms with Crippen LogP contribution in [-0.4, -0.2) is 39.0 Å². The molecule has 0 unspecified atom stereocenters. The average Bonchev–Trinajstić information content (AvgIpc) is 3.29. The van der Waals surface area contributed by atoms with Crippen molar-refractivity contribution >= 4 is 23.1 Å². The van der Waals surface area contributed by atoms with E-state index < -0.39 is 0 Å². The summed E-state index contributed by atoms with van der Waals surface area (Å²) in [7, 11) is 0. The summed E-state index contributed by atoms with van der Waals surface area (Å²) in [5, 5.41) is 20.4. The number of amides is 1. The van der Waals surface area contributed by atoms with Gasteiger partial charge in [0.1, 0.15) is 5.82 Å². The fourth-order valence-electron chi connectivity index (χ4n) is 2.31. The van der Waals surface area contributed by atoms with E-state index in [4.69, 9.17) is 0 Å². The number of nitrogens with one attached hydrogen (secondary N) is 2.